The molecule has 0 radical (unpaired) electrons. The zero-order chi connectivity index (χ0) is 27.2. The zero-order valence-electron chi connectivity index (χ0n) is 20.5. The second kappa shape index (κ2) is 12.3. The third-order valence-corrected chi connectivity index (χ3v) is 6.65. The molecule has 4 amide bonds. The number of carbonyl (C=O) groups is 3. The molecule has 3 rings (SSSR count). The van der Waals surface area contributed by atoms with Gasteiger partial charge in [0, 0.05) is 23.6 Å². The van der Waals surface area contributed by atoms with Gasteiger partial charge in [-0.3, -0.25) is 15.1 Å². The summed E-state index contributed by atoms with van der Waals surface area (Å²) in [5.74, 6) is -1.14. The number of aromatic nitrogens is 1. The molecule has 1 saturated heterocycles. The zero-order valence-corrected chi connectivity index (χ0v) is 21.4. The van der Waals surface area contributed by atoms with Gasteiger partial charge in [-0.1, -0.05) is 20.8 Å². The van der Waals surface area contributed by atoms with E-state index in [9.17, 15) is 27.6 Å². The van der Waals surface area contributed by atoms with Gasteiger partial charge in [-0.25, -0.2) is 14.5 Å². The summed E-state index contributed by atoms with van der Waals surface area (Å²) in [6.07, 6.45) is 2.25. The fraction of sp³-hybridized carbons (Fsp3) is 0.417. The number of anilines is 2. The lowest BCUT2D eigenvalue weighted by molar-refractivity contribution is -0.118. The van der Waals surface area contributed by atoms with Crippen LogP contribution in [0, 0.1) is 0 Å². The molecule has 0 aliphatic carbocycles. The number of halogens is 3. The minimum atomic E-state index is -4.45. The monoisotopic (exact) mass is 539 g/mol. The van der Waals surface area contributed by atoms with E-state index in [-0.39, 0.29) is 29.0 Å². The number of rotatable bonds is 10. The van der Waals surface area contributed by atoms with Crippen molar-refractivity contribution in [1.82, 2.24) is 15.2 Å². The molecule has 1 fully saturated rings. The summed E-state index contributed by atoms with van der Waals surface area (Å²) in [6, 6.07) is 4.92. The molecule has 9 nitrogen and oxygen atoms in total. The highest BCUT2D eigenvalue weighted by Gasteiger charge is 2.43. The van der Waals surface area contributed by atoms with Crippen LogP contribution in [0.15, 0.2) is 47.6 Å². The smallest absolute Gasteiger partial charge is 0.446 e. The summed E-state index contributed by atoms with van der Waals surface area (Å²) in [5, 5.41) is 5.27. The van der Waals surface area contributed by atoms with Crippen LogP contribution in [-0.2, 0) is 9.53 Å². The number of nitrogens with one attached hydrogen (secondary N) is 2. The number of carbonyl (C=O) groups excluding carboxylic acids is 3. The van der Waals surface area contributed by atoms with E-state index in [1.807, 2.05) is 13.8 Å². The molecule has 1 aromatic carbocycles. The topological polar surface area (TPSA) is 104 Å². The molecule has 1 aliphatic heterocycles. The number of pyridine rings is 1. The second-order valence-corrected chi connectivity index (χ2v) is 9.32. The minimum absolute atomic E-state index is 0.0651. The van der Waals surface area contributed by atoms with E-state index in [0.717, 1.165) is 18.0 Å². The van der Waals surface area contributed by atoms with Gasteiger partial charge >= 0.3 is 17.6 Å². The Labute approximate surface area is 216 Å². The lowest BCUT2D eigenvalue weighted by Crippen LogP contribution is -2.35. The molecule has 37 heavy (non-hydrogen) atoms. The lowest BCUT2D eigenvalue weighted by Gasteiger charge is -2.21. The van der Waals surface area contributed by atoms with Crippen LogP contribution in [0.25, 0.3) is 0 Å². The van der Waals surface area contributed by atoms with Gasteiger partial charge in [-0.2, -0.15) is 13.2 Å². The molecule has 1 aliphatic rings. The van der Waals surface area contributed by atoms with Crippen LogP contribution in [0.3, 0.4) is 0 Å². The first-order chi connectivity index (χ1) is 17.5. The Morgan fingerprint density at radius 2 is 1.89 bits per heavy atom. The molecule has 0 bridgehead atoms. The van der Waals surface area contributed by atoms with Crippen molar-refractivity contribution in [2.24, 2.45) is 0 Å². The number of amides is 4. The third kappa shape index (κ3) is 7.35. The number of thioether (sulfide) groups is 1. The van der Waals surface area contributed by atoms with Crippen molar-refractivity contribution in [3.8, 4) is 0 Å². The molecule has 13 heteroatoms. The number of hydrogen-bond acceptors (Lipinski definition) is 7. The molecule has 200 valence electrons. The van der Waals surface area contributed by atoms with Crippen LogP contribution in [-0.4, -0.2) is 65.7 Å². The Morgan fingerprint density at radius 1 is 1.22 bits per heavy atom. The standard InChI is InChI=1S/C24H28F3N5O4S/c1-4-31(5-2)12-13-36-23(35)29-19-14-28-11-10-18(19)15(3)20-21(33)32(22(34)30-20)16-6-8-17(9-7-16)37-24(25,26)27/h6-11,14-15,20H,4-5,12-13H2,1-3H3,(H,29,35)(H,30,34). The number of urea groups is 1. The quantitative estimate of drug-likeness (QED) is 0.330. The van der Waals surface area contributed by atoms with Crippen molar-refractivity contribution in [1.29, 1.82) is 0 Å². The van der Waals surface area contributed by atoms with Gasteiger partial charge in [-0.15, -0.1) is 0 Å². The number of nitrogens with zero attached hydrogens (tertiary/aromatic N) is 3. The van der Waals surface area contributed by atoms with Crippen molar-refractivity contribution in [2.45, 2.75) is 43.1 Å². The molecule has 2 atom stereocenters. The van der Waals surface area contributed by atoms with Crippen molar-refractivity contribution in [3.63, 3.8) is 0 Å². The fourth-order valence-corrected chi connectivity index (χ4v) is 4.46. The number of benzene rings is 1. The summed E-state index contributed by atoms with van der Waals surface area (Å²) in [6.45, 7) is 8.19. The van der Waals surface area contributed by atoms with Gasteiger partial charge < -0.3 is 15.0 Å². The Bertz CT molecular complexity index is 1110. The van der Waals surface area contributed by atoms with Crippen molar-refractivity contribution < 1.29 is 32.3 Å². The Kier molecular flexibility index (Phi) is 9.38. The molecular formula is C24H28F3N5O4S. The fourth-order valence-electron chi connectivity index (χ4n) is 3.92. The largest absolute Gasteiger partial charge is 0.448 e. The Balaban J connectivity index is 1.69. The van der Waals surface area contributed by atoms with E-state index in [1.165, 1.54) is 36.7 Å². The highest BCUT2D eigenvalue weighted by Crippen LogP contribution is 2.38. The maximum atomic E-state index is 13.2. The second-order valence-electron chi connectivity index (χ2n) is 8.18. The number of imide groups is 1. The van der Waals surface area contributed by atoms with Gasteiger partial charge in [0.15, 0.2) is 0 Å². The highest BCUT2D eigenvalue weighted by atomic mass is 32.2. The normalized spacial score (nSPS) is 16.6. The van der Waals surface area contributed by atoms with E-state index >= 15 is 0 Å². The predicted octanol–water partition coefficient (Wildman–Crippen LogP) is 4.81. The Hall–Kier alpha value is -3.32. The number of ether oxygens (including phenoxy) is 1. The first-order valence-electron chi connectivity index (χ1n) is 11.6. The SMILES string of the molecule is CCN(CC)CCOC(=O)Nc1cnccc1C(C)C1NC(=O)N(c2ccc(SC(F)(F)F)cc2)C1=O. The van der Waals surface area contributed by atoms with Gasteiger partial charge in [0.05, 0.1) is 17.6 Å². The lowest BCUT2D eigenvalue weighted by atomic mass is 9.92. The summed E-state index contributed by atoms with van der Waals surface area (Å²) in [7, 11) is 0. The van der Waals surface area contributed by atoms with Crippen LogP contribution in [0.2, 0.25) is 0 Å². The highest BCUT2D eigenvalue weighted by molar-refractivity contribution is 8.00. The first kappa shape index (κ1) is 28.3. The molecule has 0 saturated carbocycles. The Morgan fingerprint density at radius 3 is 2.51 bits per heavy atom. The number of hydrogen-bond donors (Lipinski definition) is 2. The molecule has 0 spiro atoms. The van der Waals surface area contributed by atoms with Crippen molar-refractivity contribution >= 4 is 41.2 Å². The van der Waals surface area contributed by atoms with E-state index in [2.05, 4.69) is 20.5 Å². The summed E-state index contributed by atoms with van der Waals surface area (Å²) in [4.78, 5) is 45.1. The maximum absolute atomic E-state index is 13.2. The average molecular weight is 540 g/mol. The first-order valence-corrected chi connectivity index (χ1v) is 12.5. The summed E-state index contributed by atoms with van der Waals surface area (Å²) < 4.78 is 43.0. The average Bonchev–Trinajstić information content (AvgIpc) is 3.15. The van der Waals surface area contributed by atoms with E-state index in [4.69, 9.17) is 4.74 Å². The van der Waals surface area contributed by atoms with Crippen molar-refractivity contribution in [2.75, 3.05) is 36.5 Å². The van der Waals surface area contributed by atoms with Crippen LogP contribution in [0.4, 0.5) is 34.1 Å². The molecular weight excluding hydrogens is 511 g/mol. The summed E-state index contributed by atoms with van der Waals surface area (Å²) in [5.41, 5.74) is -3.42. The number of alkyl halides is 3. The molecule has 2 aromatic rings. The van der Waals surface area contributed by atoms with E-state index < -0.39 is 35.5 Å². The molecule has 2 N–H and O–H groups in total. The van der Waals surface area contributed by atoms with Gasteiger partial charge in [0.1, 0.15) is 12.6 Å². The minimum Gasteiger partial charge on any atom is -0.448 e. The van der Waals surface area contributed by atoms with Crippen LogP contribution in [0.5, 0.6) is 0 Å². The summed E-state index contributed by atoms with van der Waals surface area (Å²) >= 11 is -0.286. The molecule has 1 aromatic heterocycles. The van der Waals surface area contributed by atoms with E-state index in [0.29, 0.717) is 17.8 Å². The van der Waals surface area contributed by atoms with Crippen LogP contribution >= 0.6 is 11.8 Å². The van der Waals surface area contributed by atoms with Crippen molar-refractivity contribution in [3.05, 3.63) is 48.3 Å². The van der Waals surface area contributed by atoms with Gasteiger partial charge in [-0.05, 0) is 60.7 Å². The third-order valence-electron chi connectivity index (χ3n) is 5.91. The molecule has 2 unspecified atom stereocenters. The van der Waals surface area contributed by atoms with Gasteiger partial charge in [0.2, 0.25) is 0 Å². The maximum Gasteiger partial charge on any atom is 0.446 e. The van der Waals surface area contributed by atoms with Crippen LogP contribution < -0.4 is 15.5 Å². The molecule has 2 heterocycles. The van der Waals surface area contributed by atoms with Gasteiger partial charge in [0.25, 0.3) is 5.91 Å². The predicted molar refractivity (Wildman–Crippen MR) is 134 cm³/mol. The van der Waals surface area contributed by atoms with E-state index in [1.54, 1.807) is 13.0 Å². The van der Waals surface area contributed by atoms with Crippen LogP contribution in [0.1, 0.15) is 32.3 Å². The number of likely N-dealkylation sites (N-methyl/N-ethyl adjacent to an activating group) is 1.